The van der Waals surface area contributed by atoms with Gasteiger partial charge in [0.1, 0.15) is 0 Å². The predicted octanol–water partition coefficient (Wildman–Crippen LogP) is 2.39. The van der Waals surface area contributed by atoms with Crippen molar-refractivity contribution in [2.75, 3.05) is 0 Å². The summed E-state index contributed by atoms with van der Waals surface area (Å²) < 4.78 is -1.56. The molecule has 106 valence electrons. The number of aryl methyl sites for hydroxylation is 1. The zero-order valence-corrected chi connectivity index (χ0v) is 13.4. The molecule has 0 spiro atoms. The molecule has 6 heteroatoms. The molecule has 19 heavy (non-hydrogen) atoms. The standard InChI is InChI=1S/C13H17Cl3N2O/c1-8(2)17-12(13(14,15)16)18-11(19)10-6-4-9(3)5-7-10/h4-8,12,17H,1-3H3,(H,18,19)/p+1/t12-/m1/s1. The largest absolute Gasteiger partial charge is 0.321 e. The second kappa shape index (κ2) is 6.80. The predicted molar refractivity (Wildman–Crippen MR) is 79.8 cm³/mol. The number of amides is 1. The van der Waals surface area contributed by atoms with Crippen LogP contribution in [0.15, 0.2) is 24.3 Å². The molecular weight excluding hydrogens is 307 g/mol. The first-order valence-electron chi connectivity index (χ1n) is 5.99. The van der Waals surface area contributed by atoms with E-state index in [1.54, 1.807) is 17.4 Å². The van der Waals surface area contributed by atoms with E-state index in [1.807, 2.05) is 32.9 Å². The fourth-order valence-electron chi connectivity index (χ4n) is 1.55. The minimum absolute atomic E-state index is 0.193. The van der Waals surface area contributed by atoms with Gasteiger partial charge in [-0.05, 0) is 32.9 Å². The van der Waals surface area contributed by atoms with Crippen molar-refractivity contribution >= 4 is 40.7 Å². The zero-order chi connectivity index (χ0) is 14.6. The number of carbonyl (C=O) groups excluding carboxylic acids is 1. The summed E-state index contributed by atoms with van der Waals surface area (Å²) in [7, 11) is 0. The lowest BCUT2D eigenvalue weighted by molar-refractivity contribution is -0.717. The summed E-state index contributed by atoms with van der Waals surface area (Å²) >= 11 is 17.7. The molecule has 0 unspecified atom stereocenters. The second-order valence-electron chi connectivity index (χ2n) is 4.80. The van der Waals surface area contributed by atoms with Gasteiger partial charge in [0.25, 0.3) is 9.70 Å². The molecule has 1 atom stereocenters. The first-order chi connectivity index (χ1) is 8.70. The van der Waals surface area contributed by atoms with Gasteiger partial charge < -0.3 is 5.32 Å². The molecule has 0 aliphatic heterocycles. The van der Waals surface area contributed by atoms with Crippen molar-refractivity contribution in [2.24, 2.45) is 0 Å². The van der Waals surface area contributed by atoms with E-state index in [-0.39, 0.29) is 11.9 Å². The number of alkyl halides is 3. The Morgan fingerprint density at radius 1 is 1.21 bits per heavy atom. The highest BCUT2D eigenvalue weighted by Gasteiger charge is 2.38. The van der Waals surface area contributed by atoms with Crippen LogP contribution in [0.4, 0.5) is 0 Å². The van der Waals surface area contributed by atoms with Gasteiger partial charge in [-0.1, -0.05) is 52.5 Å². The second-order valence-corrected chi connectivity index (χ2v) is 7.16. The SMILES string of the molecule is Cc1ccc(C(=O)N[C@@H]([NH2+]C(C)C)C(Cl)(Cl)Cl)cc1. The maximum Gasteiger partial charge on any atom is 0.262 e. The van der Waals surface area contributed by atoms with Gasteiger partial charge in [-0.25, -0.2) is 0 Å². The van der Waals surface area contributed by atoms with Gasteiger partial charge in [0.15, 0.2) is 0 Å². The van der Waals surface area contributed by atoms with Crippen LogP contribution in [0.5, 0.6) is 0 Å². The molecule has 0 heterocycles. The van der Waals surface area contributed by atoms with E-state index in [0.29, 0.717) is 5.56 Å². The Balaban J connectivity index is 2.79. The topological polar surface area (TPSA) is 45.7 Å². The summed E-state index contributed by atoms with van der Waals surface area (Å²) in [6.07, 6.45) is -0.633. The van der Waals surface area contributed by atoms with Gasteiger partial charge in [-0.2, -0.15) is 0 Å². The van der Waals surface area contributed by atoms with Crippen molar-refractivity contribution < 1.29 is 10.1 Å². The number of rotatable bonds is 4. The molecule has 0 aliphatic rings. The van der Waals surface area contributed by atoms with Crippen LogP contribution in [0.1, 0.15) is 29.8 Å². The molecule has 3 nitrogen and oxygen atoms in total. The van der Waals surface area contributed by atoms with Crippen LogP contribution in [0, 0.1) is 6.92 Å². The van der Waals surface area contributed by atoms with E-state index in [1.165, 1.54) is 0 Å². The summed E-state index contributed by atoms with van der Waals surface area (Å²) in [4.78, 5) is 12.1. The number of hydrogen-bond donors (Lipinski definition) is 2. The average Bonchev–Trinajstić information content (AvgIpc) is 2.27. The molecule has 3 N–H and O–H groups in total. The van der Waals surface area contributed by atoms with Gasteiger partial charge in [0.05, 0.1) is 6.04 Å². The third-order valence-electron chi connectivity index (χ3n) is 2.53. The maximum atomic E-state index is 12.1. The number of quaternary nitrogens is 1. The van der Waals surface area contributed by atoms with Gasteiger partial charge >= 0.3 is 0 Å². The lowest BCUT2D eigenvalue weighted by Gasteiger charge is -2.25. The zero-order valence-electron chi connectivity index (χ0n) is 11.1. The summed E-state index contributed by atoms with van der Waals surface area (Å²) in [5.41, 5.74) is 1.63. The lowest BCUT2D eigenvalue weighted by Crippen LogP contribution is -2.99. The Morgan fingerprint density at radius 3 is 2.16 bits per heavy atom. The lowest BCUT2D eigenvalue weighted by atomic mass is 10.1. The Hall–Kier alpha value is -0.480. The molecule has 0 aliphatic carbocycles. The van der Waals surface area contributed by atoms with Crippen molar-refractivity contribution in [3.63, 3.8) is 0 Å². The molecule has 0 saturated carbocycles. The number of nitrogens with one attached hydrogen (secondary N) is 1. The molecule has 0 fully saturated rings. The number of halogens is 3. The van der Waals surface area contributed by atoms with Gasteiger partial charge in [-0.3, -0.25) is 10.1 Å². The van der Waals surface area contributed by atoms with Crippen molar-refractivity contribution in [1.82, 2.24) is 5.32 Å². The molecule has 1 aromatic rings. The Morgan fingerprint density at radius 2 is 1.74 bits per heavy atom. The fraction of sp³-hybridized carbons (Fsp3) is 0.462. The van der Waals surface area contributed by atoms with Crippen molar-refractivity contribution in [3.8, 4) is 0 Å². The normalized spacial score (nSPS) is 13.4. The number of nitrogens with two attached hydrogens (primary N) is 1. The molecule has 1 aromatic carbocycles. The van der Waals surface area contributed by atoms with Gasteiger partial charge in [0, 0.05) is 5.56 Å². The Labute approximate surface area is 128 Å². The molecule has 1 amide bonds. The summed E-state index contributed by atoms with van der Waals surface area (Å²) in [5, 5.41) is 4.54. The number of carbonyl (C=O) groups is 1. The summed E-state index contributed by atoms with van der Waals surface area (Å²) in [6, 6.07) is 7.42. The third kappa shape index (κ3) is 5.57. The summed E-state index contributed by atoms with van der Waals surface area (Å²) in [5.74, 6) is -0.256. The van der Waals surface area contributed by atoms with E-state index >= 15 is 0 Å². The van der Waals surface area contributed by atoms with Gasteiger partial charge in [-0.15, -0.1) is 0 Å². The van der Waals surface area contributed by atoms with E-state index in [0.717, 1.165) is 5.56 Å². The van der Waals surface area contributed by atoms with Crippen molar-refractivity contribution in [3.05, 3.63) is 35.4 Å². The van der Waals surface area contributed by atoms with Crippen LogP contribution in [-0.4, -0.2) is 21.9 Å². The maximum absolute atomic E-state index is 12.1. The first kappa shape index (κ1) is 16.6. The molecule has 0 bridgehead atoms. The first-order valence-corrected chi connectivity index (χ1v) is 7.13. The Bertz CT molecular complexity index is 427. The monoisotopic (exact) mass is 323 g/mol. The van der Waals surface area contributed by atoms with Gasteiger partial charge in [0.2, 0.25) is 6.17 Å². The average molecular weight is 325 g/mol. The molecule has 0 aromatic heterocycles. The van der Waals surface area contributed by atoms with Crippen molar-refractivity contribution in [2.45, 2.75) is 36.8 Å². The van der Waals surface area contributed by atoms with Crippen LogP contribution in [0.2, 0.25) is 0 Å². The highest BCUT2D eigenvalue weighted by molar-refractivity contribution is 6.68. The van der Waals surface area contributed by atoms with Crippen LogP contribution in [0.25, 0.3) is 0 Å². The molecule has 0 saturated heterocycles. The number of hydrogen-bond acceptors (Lipinski definition) is 1. The highest BCUT2D eigenvalue weighted by Crippen LogP contribution is 2.27. The summed E-state index contributed by atoms with van der Waals surface area (Å²) in [6.45, 7) is 5.88. The molecule has 0 radical (unpaired) electrons. The van der Waals surface area contributed by atoms with E-state index in [4.69, 9.17) is 34.8 Å². The minimum Gasteiger partial charge on any atom is -0.321 e. The molecule has 1 rings (SSSR count). The van der Waals surface area contributed by atoms with E-state index in [2.05, 4.69) is 5.32 Å². The van der Waals surface area contributed by atoms with Crippen LogP contribution in [0.3, 0.4) is 0 Å². The minimum atomic E-state index is -1.56. The molecular formula is C13H18Cl3N2O+. The van der Waals surface area contributed by atoms with E-state index < -0.39 is 9.96 Å². The number of benzene rings is 1. The Kier molecular flexibility index (Phi) is 5.93. The highest BCUT2D eigenvalue weighted by atomic mass is 35.6. The van der Waals surface area contributed by atoms with E-state index in [9.17, 15) is 4.79 Å². The fourth-order valence-corrected chi connectivity index (χ4v) is 1.94. The van der Waals surface area contributed by atoms with Crippen LogP contribution >= 0.6 is 34.8 Å². The quantitative estimate of drug-likeness (QED) is 0.648. The third-order valence-corrected chi connectivity index (χ3v) is 3.24. The van der Waals surface area contributed by atoms with Crippen LogP contribution < -0.4 is 10.6 Å². The van der Waals surface area contributed by atoms with Crippen LogP contribution in [-0.2, 0) is 0 Å². The van der Waals surface area contributed by atoms with Crippen molar-refractivity contribution in [1.29, 1.82) is 0 Å². The smallest absolute Gasteiger partial charge is 0.262 e.